The van der Waals surface area contributed by atoms with E-state index >= 15 is 0 Å². The van der Waals surface area contributed by atoms with Crippen molar-refractivity contribution in [2.75, 3.05) is 13.2 Å². The minimum absolute atomic E-state index is 0.329. The molecule has 0 aliphatic heterocycles. The normalized spacial score (nSPS) is 10.5. The van der Waals surface area contributed by atoms with Crippen molar-refractivity contribution in [3.63, 3.8) is 0 Å². The van der Waals surface area contributed by atoms with Crippen molar-refractivity contribution < 1.29 is 14.3 Å². The molecule has 0 aliphatic carbocycles. The van der Waals surface area contributed by atoms with Gasteiger partial charge in [-0.3, -0.25) is 0 Å². The maximum atomic E-state index is 11.9. The molecule has 0 aliphatic rings. The molecule has 0 bridgehead atoms. The predicted octanol–water partition coefficient (Wildman–Crippen LogP) is 4.20. The summed E-state index contributed by atoms with van der Waals surface area (Å²) < 4.78 is 10.8. The van der Waals surface area contributed by atoms with Crippen molar-refractivity contribution in [1.29, 1.82) is 5.26 Å². The molecule has 0 spiro atoms. The van der Waals surface area contributed by atoms with Crippen molar-refractivity contribution in [2.45, 2.75) is 27.7 Å². The molecule has 0 N–H and O–H groups in total. The van der Waals surface area contributed by atoms with E-state index in [1.165, 1.54) is 11.3 Å². The number of rotatable bonds is 6. The molecule has 0 unspecified atom stereocenters. The summed E-state index contributed by atoms with van der Waals surface area (Å²) in [5.74, 6) is 0.538. The molecule has 0 saturated carbocycles. The van der Waals surface area contributed by atoms with Crippen molar-refractivity contribution in [2.24, 2.45) is 5.92 Å². The van der Waals surface area contributed by atoms with Crippen LogP contribution in [0.4, 0.5) is 0 Å². The molecule has 0 atom stereocenters. The topological polar surface area (TPSA) is 72.2 Å². The van der Waals surface area contributed by atoms with Gasteiger partial charge in [0, 0.05) is 5.56 Å². The van der Waals surface area contributed by atoms with Gasteiger partial charge in [0.1, 0.15) is 21.7 Å². The summed E-state index contributed by atoms with van der Waals surface area (Å²) in [4.78, 5) is 16.9. The lowest BCUT2D eigenvalue weighted by Crippen LogP contribution is -2.05. The van der Waals surface area contributed by atoms with Gasteiger partial charge in [0.15, 0.2) is 0 Å². The average molecular weight is 344 g/mol. The highest BCUT2D eigenvalue weighted by molar-refractivity contribution is 7.17. The van der Waals surface area contributed by atoms with Crippen LogP contribution in [0.15, 0.2) is 18.2 Å². The number of nitriles is 1. The van der Waals surface area contributed by atoms with Crippen LogP contribution in [0.25, 0.3) is 10.6 Å². The molecule has 5 nitrogen and oxygen atoms in total. The molecule has 0 fully saturated rings. The third-order valence-corrected chi connectivity index (χ3v) is 4.37. The van der Waals surface area contributed by atoms with Crippen LogP contribution in [-0.2, 0) is 4.74 Å². The smallest absolute Gasteiger partial charge is 0.350 e. The predicted molar refractivity (Wildman–Crippen MR) is 93.3 cm³/mol. The number of thiazole rings is 1. The Hall–Kier alpha value is -2.39. The SMILES string of the molecule is CCOC(=O)c1sc(-c2ccc(C#N)c(OCC(C)C)c2)nc1C. The summed E-state index contributed by atoms with van der Waals surface area (Å²) in [7, 11) is 0. The van der Waals surface area contributed by atoms with Gasteiger partial charge in [-0.05, 0) is 31.9 Å². The zero-order chi connectivity index (χ0) is 17.7. The van der Waals surface area contributed by atoms with Gasteiger partial charge in [0.25, 0.3) is 0 Å². The van der Waals surface area contributed by atoms with E-state index in [9.17, 15) is 10.1 Å². The zero-order valence-electron chi connectivity index (χ0n) is 14.3. The largest absolute Gasteiger partial charge is 0.492 e. The lowest BCUT2D eigenvalue weighted by atomic mass is 10.1. The van der Waals surface area contributed by atoms with Gasteiger partial charge in [-0.2, -0.15) is 5.26 Å². The van der Waals surface area contributed by atoms with Crippen molar-refractivity contribution >= 4 is 17.3 Å². The fourth-order valence-corrected chi connectivity index (χ4v) is 2.99. The highest BCUT2D eigenvalue weighted by atomic mass is 32.1. The van der Waals surface area contributed by atoms with Gasteiger partial charge < -0.3 is 9.47 Å². The van der Waals surface area contributed by atoms with Gasteiger partial charge in [-0.1, -0.05) is 19.9 Å². The second-order valence-electron chi connectivity index (χ2n) is 5.68. The van der Waals surface area contributed by atoms with E-state index in [0.717, 1.165) is 5.56 Å². The molecule has 0 amide bonds. The highest BCUT2D eigenvalue weighted by Crippen LogP contribution is 2.32. The Balaban J connectivity index is 2.35. The second-order valence-corrected chi connectivity index (χ2v) is 6.68. The third kappa shape index (κ3) is 4.12. The molecule has 6 heteroatoms. The Bertz CT molecular complexity index is 775. The molecule has 1 aromatic carbocycles. The van der Waals surface area contributed by atoms with Crippen molar-refractivity contribution in [1.82, 2.24) is 4.98 Å². The number of aryl methyl sites for hydroxylation is 1. The molecular weight excluding hydrogens is 324 g/mol. The summed E-state index contributed by atoms with van der Waals surface area (Å²) in [6.07, 6.45) is 0. The summed E-state index contributed by atoms with van der Waals surface area (Å²) in [6.45, 7) is 8.51. The summed E-state index contributed by atoms with van der Waals surface area (Å²) in [5.41, 5.74) is 1.94. The molecule has 0 saturated heterocycles. The minimum atomic E-state index is -0.358. The number of carbonyl (C=O) groups excluding carboxylic acids is 1. The van der Waals surface area contributed by atoms with E-state index in [4.69, 9.17) is 9.47 Å². The van der Waals surface area contributed by atoms with Crippen LogP contribution in [0.1, 0.15) is 41.7 Å². The first-order valence-corrected chi connectivity index (χ1v) is 8.59. The number of aromatic nitrogens is 1. The van der Waals surface area contributed by atoms with E-state index in [1.807, 2.05) is 19.9 Å². The van der Waals surface area contributed by atoms with E-state index in [2.05, 4.69) is 11.1 Å². The summed E-state index contributed by atoms with van der Waals surface area (Å²) >= 11 is 1.28. The lowest BCUT2D eigenvalue weighted by molar-refractivity contribution is 0.0531. The van der Waals surface area contributed by atoms with Crippen LogP contribution in [0, 0.1) is 24.2 Å². The van der Waals surface area contributed by atoms with Gasteiger partial charge in [0.05, 0.1) is 24.5 Å². The van der Waals surface area contributed by atoms with E-state index in [0.29, 0.717) is 46.0 Å². The zero-order valence-corrected chi connectivity index (χ0v) is 15.1. The minimum Gasteiger partial charge on any atom is -0.492 e. The molecular formula is C18H20N2O3S. The fraction of sp³-hybridized carbons (Fsp3) is 0.389. The van der Waals surface area contributed by atoms with Gasteiger partial charge in [0.2, 0.25) is 0 Å². The second kappa shape index (κ2) is 7.93. The number of benzene rings is 1. The maximum Gasteiger partial charge on any atom is 0.350 e. The Labute approximate surface area is 145 Å². The quantitative estimate of drug-likeness (QED) is 0.734. The van der Waals surface area contributed by atoms with Crippen molar-refractivity contribution in [3.8, 4) is 22.4 Å². The molecule has 1 aromatic heterocycles. The van der Waals surface area contributed by atoms with Crippen LogP contribution < -0.4 is 4.74 Å². The number of nitrogens with zero attached hydrogens (tertiary/aromatic N) is 2. The monoisotopic (exact) mass is 344 g/mol. The van der Waals surface area contributed by atoms with E-state index in [-0.39, 0.29) is 5.97 Å². The molecule has 126 valence electrons. The van der Waals surface area contributed by atoms with E-state index < -0.39 is 0 Å². The van der Waals surface area contributed by atoms with Crippen LogP contribution in [-0.4, -0.2) is 24.2 Å². The first kappa shape index (κ1) is 18.0. The summed E-state index contributed by atoms with van der Waals surface area (Å²) in [6, 6.07) is 7.46. The van der Waals surface area contributed by atoms with Crippen LogP contribution in [0.2, 0.25) is 0 Å². The van der Waals surface area contributed by atoms with E-state index in [1.54, 1.807) is 26.0 Å². The first-order valence-electron chi connectivity index (χ1n) is 7.78. The summed E-state index contributed by atoms with van der Waals surface area (Å²) in [5, 5.41) is 9.92. The van der Waals surface area contributed by atoms with Gasteiger partial charge in [-0.15, -0.1) is 11.3 Å². The standard InChI is InChI=1S/C18H20N2O3S/c1-5-22-18(21)16-12(4)20-17(24-16)13-6-7-14(9-19)15(8-13)23-10-11(2)3/h6-8,11H,5,10H2,1-4H3. The molecule has 0 radical (unpaired) electrons. The lowest BCUT2D eigenvalue weighted by Gasteiger charge is -2.11. The van der Waals surface area contributed by atoms with Gasteiger partial charge >= 0.3 is 5.97 Å². The Morgan fingerprint density at radius 3 is 2.79 bits per heavy atom. The van der Waals surface area contributed by atoms with Crippen LogP contribution in [0.5, 0.6) is 5.75 Å². The fourth-order valence-electron chi connectivity index (χ4n) is 2.03. The number of carbonyl (C=O) groups is 1. The maximum absolute atomic E-state index is 11.9. The molecule has 24 heavy (non-hydrogen) atoms. The highest BCUT2D eigenvalue weighted by Gasteiger charge is 2.18. The Kier molecular flexibility index (Phi) is 5.93. The van der Waals surface area contributed by atoms with Crippen molar-refractivity contribution in [3.05, 3.63) is 34.3 Å². The Morgan fingerprint density at radius 1 is 1.42 bits per heavy atom. The first-order chi connectivity index (χ1) is 11.5. The number of hydrogen-bond acceptors (Lipinski definition) is 6. The molecule has 1 heterocycles. The van der Waals surface area contributed by atoms with Crippen LogP contribution >= 0.6 is 11.3 Å². The third-order valence-electron chi connectivity index (χ3n) is 3.18. The number of hydrogen-bond donors (Lipinski definition) is 0. The van der Waals surface area contributed by atoms with Gasteiger partial charge in [-0.25, -0.2) is 9.78 Å². The Morgan fingerprint density at radius 2 is 2.17 bits per heavy atom. The number of esters is 1. The number of ether oxygens (including phenoxy) is 2. The molecule has 2 aromatic rings. The average Bonchev–Trinajstić information content (AvgIpc) is 2.94. The molecule has 2 rings (SSSR count). The van der Waals surface area contributed by atoms with Crippen LogP contribution in [0.3, 0.4) is 0 Å².